The van der Waals surface area contributed by atoms with E-state index in [1.807, 2.05) is 28.9 Å². The van der Waals surface area contributed by atoms with E-state index in [-0.39, 0.29) is 6.04 Å². The second-order valence-corrected chi connectivity index (χ2v) is 5.48. The third-order valence-corrected chi connectivity index (χ3v) is 3.77. The Morgan fingerprint density at radius 3 is 2.62 bits per heavy atom. The molecule has 0 spiro atoms. The van der Waals surface area contributed by atoms with Gasteiger partial charge in [-0.25, -0.2) is 0 Å². The summed E-state index contributed by atoms with van der Waals surface area (Å²) < 4.78 is 7.01. The highest BCUT2D eigenvalue weighted by Gasteiger charge is 2.21. The average Bonchev–Trinajstić information content (AvgIpc) is 2.84. The molecule has 1 heterocycles. The lowest BCUT2D eigenvalue weighted by atomic mass is 10.0. The lowest BCUT2D eigenvalue weighted by Crippen LogP contribution is -2.25. The first-order valence-corrected chi connectivity index (χ1v) is 7.62. The van der Waals surface area contributed by atoms with Crippen molar-refractivity contribution in [3.8, 4) is 0 Å². The lowest BCUT2D eigenvalue weighted by Gasteiger charge is -2.20. The maximum absolute atomic E-state index is 6.35. The van der Waals surface area contributed by atoms with Gasteiger partial charge in [-0.1, -0.05) is 42.3 Å². The Labute approximate surface area is 135 Å². The molecule has 0 bridgehead atoms. The SMILES string of the molecule is CCNC(c1ccc(Cl)cc1)c1c(Cl)cnn1CCOC. The molecule has 1 unspecified atom stereocenters. The molecular formula is C15H19Cl2N3O. The van der Waals surface area contributed by atoms with E-state index in [9.17, 15) is 0 Å². The zero-order valence-corrected chi connectivity index (χ0v) is 13.7. The van der Waals surface area contributed by atoms with Crippen LogP contribution in [0.1, 0.15) is 24.2 Å². The standard InChI is InChI=1S/C15H19Cl2N3O/c1-3-18-14(11-4-6-12(16)7-5-11)15-13(17)10-19-20(15)8-9-21-2/h4-7,10,14,18H,3,8-9H2,1-2H3. The molecule has 1 atom stereocenters. The van der Waals surface area contributed by atoms with Crippen LogP contribution < -0.4 is 5.32 Å². The van der Waals surface area contributed by atoms with E-state index in [0.717, 1.165) is 17.8 Å². The van der Waals surface area contributed by atoms with Crippen LogP contribution in [0.5, 0.6) is 0 Å². The maximum atomic E-state index is 6.35. The van der Waals surface area contributed by atoms with Crippen LogP contribution in [0.15, 0.2) is 30.5 Å². The molecule has 114 valence electrons. The maximum Gasteiger partial charge on any atom is 0.0837 e. The summed E-state index contributed by atoms with van der Waals surface area (Å²) in [5, 5.41) is 9.15. The van der Waals surface area contributed by atoms with Crippen molar-refractivity contribution in [3.05, 3.63) is 51.8 Å². The van der Waals surface area contributed by atoms with Crippen molar-refractivity contribution in [2.45, 2.75) is 19.5 Å². The molecule has 2 aromatic rings. The molecule has 0 amide bonds. The van der Waals surface area contributed by atoms with Crippen molar-refractivity contribution < 1.29 is 4.74 Å². The normalized spacial score (nSPS) is 12.6. The highest BCUT2D eigenvalue weighted by molar-refractivity contribution is 6.31. The number of halogens is 2. The largest absolute Gasteiger partial charge is 0.383 e. The van der Waals surface area contributed by atoms with E-state index >= 15 is 0 Å². The summed E-state index contributed by atoms with van der Waals surface area (Å²) in [7, 11) is 1.67. The summed E-state index contributed by atoms with van der Waals surface area (Å²) >= 11 is 12.3. The molecule has 0 aliphatic heterocycles. The van der Waals surface area contributed by atoms with Gasteiger partial charge in [0.1, 0.15) is 0 Å². The van der Waals surface area contributed by atoms with Gasteiger partial charge in [-0.15, -0.1) is 0 Å². The molecule has 6 heteroatoms. The fraction of sp³-hybridized carbons (Fsp3) is 0.400. The van der Waals surface area contributed by atoms with Crippen LogP contribution in [0.25, 0.3) is 0 Å². The van der Waals surface area contributed by atoms with E-state index in [4.69, 9.17) is 27.9 Å². The van der Waals surface area contributed by atoms with Crippen molar-refractivity contribution in [2.75, 3.05) is 20.3 Å². The van der Waals surface area contributed by atoms with Crippen molar-refractivity contribution in [1.29, 1.82) is 0 Å². The Morgan fingerprint density at radius 1 is 1.29 bits per heavy atom. The van der Waals surface area contributed by atoms with Gasteiger partial charge in [0.05, 0.1) is 36.1 Å². The predicted octanol–water partition coefficient (Wildman–Crippen LogP) is 3.54. The molecule has 1 N–H and O–H groups in total. The first kappa shape index (κ1) is 16.3. The molecule has 21 heavy (non-hydrogen) atoms. The summed E-state index contributed by atoms with van der Waals surface area (Å²) in [5.41, 5.74) is 2.04. The van der Waals surface area contributed by atoms with Gasteiger partial charge in [-0.05, 0) is 24.2 Å². The van der Waals surface area contributed by atoms with E-state index in [0.29, 0.717) is 23.2 Å². The molecule has 0 aliphatic carbocycles. The van der Waals surface area contributed by atoms with E-state index in [1.165, 1.54) is 0 Å². The number of ether oxygens (including phenoxy) is 1. The Hall–Kier alpha value is -1.07. The number of nitrogens with zero attached hydrogens (tertiary/aromatic N) is 2. The molecule has 0 aliphatic rings. The van der Waals surface area contributed by atoms with E-state index in [2.05, 4.69) is 17.3 Å². The van der Waals surface area contributed by atoms with Crippen LogP contribution in [0.3, 0.4) is 0 Å². The first-order chi connectivity index (χ1) is 10.2. The molecule has 4 nitrogen and oxygen atoms in total. The zero-order chi connectivity index (χ0) is 15.2. The summed E-state index contributed by atoms with van der Waals surface area (Å²) in [6, 6.07) is 7.73. The summed E-state index contributed by atoms with van der Waals surface area (Å²) in [6.45, 7) is 4.13. The highest BCUT2D eigenvalue weighted by atomic mass is 35.5. The second kappa shape index (κ2) is 7.80. The summed E-state index contributed by atoms with van der Waals surface area (Å²) in [6.07, 6.45) is 1.67. The minimum absolute atomic E-state index is 0.0286. The third kappa shape index (κ3) is 3.98. The fourth-order valence-electron chi connectivity index (χ4n) is 2.25. The molecule has 2 rings (SSSR count). The minimum Gasteiger partial charge on any atom is -0.383 e. The smallest absolute Gasteiger partial charge is 0.0837 e. The lowest BCUT2D eigenvalue weighted by molar-refractivity contribution is 0.182. The number of hydrogen-bond acceptors (Lipinski definition) is 3. The summed E-state index contributed by atoms with van der Waals surface area (Å²) in [4.78, 5) is 0. The summed E-state index contributed by atoms with van der Waals surface area (Å²) in [5.74, 6) is 0. The number of nitrogens with one attached hydrogen (secondary N) is 1. The predicted molar refractivity (Wildman–Crippen MR) is 86.1 cm³/mol. The van der Waals surface area contributed by atoms with Gasteiger partial charge < -0.3 is 10.1 Å². The highest BCUT2D eigenvalue weighted by Crippen LogP contribution is 2.29. The van der Waals surface area contributed by atoms with Crippen molar-refractivity contribution in [1.82, 2.24) is 15.1 Å². The molecule has 1 aromatic heterocycles. The Morgan fingerprint density at radius 2 is 2.00 bits per heavy atom. The molecule has 0 radical (unpaired) electrons. The zero-order valence-electron chi connectivity index (χ0n) is 12.1. The van der Waals surface area contributed by atoms with Gasteiger partial charge in [-0.2, -0.15) is 5.10 Å². The Balaban J connectivity index is 2.37. The first-order valence-electron chi connectivity index (χ1n) is 6.86. The van der Waals surface area contributed by atoms with Crippen molar-refractivity contribution in [2.24, 2.45) is 0 Å². The van der Waals surface area contributed by atoms with Gasteiger partial charge >= 0.3 is 0 Å². The third-order valence-electron chi connectivity index (χ3n) is 3.23. The molecular weight excluding hydrogens is 309 g/mol. The minimum atomic E-state index is -0.0286. The quantitative estimate of drug-likeness (QED) is 0.845. The fourth-order valence-corrected chi connectivity index (χ4v) is 2.62. The number of aromatic nitrogens is 2. The Kier molecular flexibility index (Phi) is 6.06. The van der Waals surface area contributed by atoms with E-state index < -0.39 is 0 Å². The van der Waals surface area contributed by atoms with Gasteiger partial charge in [0.15, 0.2) is 0 Å². The van der Waals surface area contributed by atoms with Crippen molar-refractivity contribution >= 4 is 23.2 Å². The van der Waals surface area contributed by atoms with E-state index in [1.54, 1.807) is 13.3 Å². The molecule has 1 aromatic carbocycles. The van der Waals surface area contributed by atoms with Gasteiger partial charge in [0, 0.05) is 12.1 Å². The average molecular weight is 328 g/mol. The van der Waals surface area contributed by atoms with Crippen LogP contribution in [0, 0.1) is 0 Å². The number of benzene rings is 1. The van der Waals surface area contributed by atoms with Crippen LogP contribution in [0.4, 0.5) is 0 Å². The molecule has 0 saturated heterocycles. The van der Waals surface area contributed by atoms with Crippen LogP contribution in [-0.4, -0.2) is 30.0 Å². The molecule has 0 fully saturated rings. The number of rotatable bonds is 7. The van der Waals surface area contributed by atoms with Crippen molar-refractivity contribution in [3.63, 3.8) is 0 Å². The van der Waals surface area contributed by atoms with Gasteiger partial charge in [0.2, 0.25) is 0 Å². The van der Waals surface area contributed by atoms with Crippen LogP contribution in [0.2, 0.25) is 10.0 Å². The van der Waals surface area contributed by atoms with Gasteiger partial charge in [-0.3, -0.25) is 4.68 Å². The molecule has 0 saturated carbocycles. The number of methoxy groups -OCH3 is 1. The Bertz CT molecular complexity index is 569. The van der Waals surface area contributed by atoms with Gasteiger partial charge in [0.25, 0.3) is 0 Å². The monoisotopic (exact) mass is 327 g/mol. The van der Waals surface area contributed by atoms with Crippen LogP contribution in [-0.2, 0) is 11.3 Å². The second-order valence-electron chi connectivity index (χ2n) is 4.64. The van der Waals surface area contributed by atoms with Crippen LogP contribution >= 0.6 is 23.2 Å². The number of hydrogen-bond donors (Lipinski definition) is 1. The topological polar surface area (TPSA) is 39.1 Å².